The zero-order valence-electron chi connectivity index (χ0n) is 13.5. The first-order valence-electron chi connectivity index (χ1n) is 7.51. The van der Waals surface area contributed by atoms with Crippen molar-refractivity contribution in [3.05, 3.63) is 64.6 Å². The van der Waals surface area contributed by atoms with Crippen LogP contribution in [-0.2, 0) is 6.18 Å². The van der Waals surface area contributed by atoms with Crippen LogP contribution in [0.15, 0.2) is 53.3 Å². The summed E-state index contributed by atoms with van der Waals surface area (Å²) in [7, 11) is 0. The molecule has 0 aliphatic rings. The second kappa shape index (κ2) is 7.39. The van der Waals surface area contributed by atoms with Crippen molar-refractivity contribution in [2.75, 3.05) is 16.4 Å². The molecular weight excluding hydrogens is 430 g/mol. The van der Waals surface area contributed by atoms with Gasteiger partial charge in [0.15, 0.2) is 11.6 Å². The van der Waals surface area contributed by atoms with Crippen LogP contribution >= 0.6 is 15.9 Å². The summed E-state index contributed by atoms with van der Waals surface area (Å²) < 4.78 is 53.0. The van der Waals surface area contributed by atoms with Crippen molar-refractivity contribution in [3.8, 4) is 0 Å². The number of hydrogen-bond donors (Lipinski definition) is 3. The van der Waals surface area contributed by atoms with Gasteiger partial charge in [-0.25, -0.2) is 14.4 Å². The molecule has 140 valence electrons. The number of rotatable bonds is 4. The highest BCUT2D eigenvalue weighted by Gasteiger charge is 2.30. The summed E-state index contributed by atoms with van der Waals surface area (Å²) in [6.07, 6.45) is -3.31. The minimum absolute atomic E-state index is 0.0252. The van der Waals surface area contributed by atoms with Gasteiger partial charge in [0.2, 0.25) is 0 Å². The van der Waals surface area contributed by atoms with E-state index in [1.54, 1.807) is 6.07 Å². The molecule has 0 fully saturated rings. The Balaban J connectivity index is 1.87. The number of nitrogens with one attached hydrogen (secondary N) is 2. The largest absolute Gasteiger partial charge is 0.416 e. The maximum atomic E-state index is 14.0. The van der Waals surface area contributed by atoms with Gasteiger partial charge in [-0.1, -0.05) is 22.0 Å². The second-order valence-electron chi connectivity index (χ2n) is 5.44. The molecule has 0 spiro atoms. The quantitative estimate of drug-likeness (QED) is 0.468. The molecule has 5 nitrogen and oxygen atoms in total. The van der Waals surface area contributed by atoms with E-state index >= 15 is 0 Å². The Bertz CT molecular complexity index is 978. The fraction of sp³-hybridized carbons (Fsp3) is 0.0588. The van der Waals surface area contributed by atoms with Crippen molar-refractivity contribution in [1.82, 2.24) is 9.97 Å². The number of anilines is 5. The van der Waals surface area contributed by atoms with E-state index in [0.717, 1.165) is 18.5 Å². The van der Waals surface area contributed by atoms with Gasteiger partial charge in [0, 0.05) is 10.2 Å². The van der Waals surface area contributed by atoms with Crippen molar-refractivity contribution >= 4 is 44.6 Å². The summed E-state index contributed by atoms with van der Waals surface area (Å²) in [5.41, 5.74) is 5.48. The van der Waals surface area contributed by atoms with E-state index in [0.29, 0.717) is 4.47 Å². The summed E-state index contributed by atoms with van der Waals surface area (Å²) in [5, 5.41) is 5.45. The second-order valence-corrected chi connectivity index (χ2v) is 6.35. The molecule has 1 aromatic heterocycles. The molecule has 2 aromatic carbocycles. The third kappa shape index (κ3) is 4.45. The van der Waals surface area contributed by atoms with E-state index in [2.05, 4.69) is 36.5 Å². The summed E-state index contributed by atoms with van der Waals surface area (Å²) in [4.78, 5) is 7.89. The Morgan fingerprint density at radius 3 is 2.33 bits per heavy atom. The Labute approximate surface area is 159 Å². The zero-order chi connectivity index (χ0) is 19.6. The molecule has 27 heavy (non-hydrogen) atoms. The molecule has 0 unspecified atom stereocenters. The van der Waals surface area contributed by atoms with E-state index in [1.165, 1.54) is 24.3 Å². The molecular formula is C17H12BrF4N5. The lowest BCUT2D eigenvalue weighted by atomic mass is 10.2. The molecule has 0 saturated heterocycles. The Kier molecular flexibility index (Phi) is 5.17. The molecule has 0 aliphatic carbocycles. The van der Waals surface area contributed by atoms with Crippen LogP contribution in [0.3, 0.4) is 0 Å². The average molecular weight is 442 g/mol. The number of hydrogen-bond acceptors (Lipinski definition) is 5. The van der Waals surface area contributed by atoms with Crippen LogP contribution in [0.25, 0.3) is 0 Å². The molecule has 1 heterocycles. The van der Waals surface area contributed by atoms with Crippen LogP contribution < -0.4 is 16.4 Å². The first kappa shape index (κ1) is 18.9. The van der Waals surface area contributed by atoms with Gasteiger partial charge < -0.3 is 16.4 Å². The maximum absolute atomic E-state index is 14.0. The molecule has 4 N–H and O–H groups in total. The number of benzene rings is 2. The van der Waals surface area contributed by atoms with E-state index in [9.17, 15) is 17.6 Å². The topological polar surface area (TPSA) is 75.9 Å². The molecule has 3 rings (SSSR count). The van der Waals surface area contributed by atoms with E-state index in [-0.39, 0.29) is 28.7 Å². The molecule has 0 aliphatic heterocycles. The summed E-state index contributed by atoms with van der Waals surface area (Å²) in [6.45, 7) is 0. The number of halogens is 5. The van der Waals surface area contributed by atoms with Crippen LogP contribution in [0.5, 0.6) is 0 Å². The number of nitrogens with zero attached hydrogens (tertiary/aromatic N) is 2. The van der Waals surface area contributed by atoms with Crippen LogP contribution in [0.2, 0.25) is 0 Å². The molecule has 0 amide bonds. The lowest BCUT2D eigenvalue weighted by molar-refractivity contribution is -0.137. The van der Waals surface area contributed by atoms with Crippen LogP contribution in [-0.4, -0.2) is 9.97 Å². The number of alkyl halides is 3. The summed E-state index contributed by atoms with van der Waals surface area (Å²) >= 11 is 3.16. The first-order chi connectivity index (χ1) is 12.7. The van der Waals surface area contributed by atoms with Gasteiger partial charge in [0.1, 0.15) is 17.8 Å². The van der Waals surface area contributed by atoms with Crippen molar-refractivity contribution in [2.24, 2.45) is 0 Å². The highest BCUT2D eigenvalue weighted by atomic mass is 79.9. The summed E-state index contributed by atoms with van der Waals surface area (Å²) in [5.74, 6) is -0.334. The first-order valence-corrected chi connectivity index (χ1v) is 8.30. The van der Waals surface area contributed by atoms with Gasteiger partial charge in [-0.3, -0.25) is 0 Å². The van der Waals surface area contributed by atoms with Crippen molar-refractivity contribution in [3.63, 3.8) is 0 Å². The third-order valence-corrected chi connectivity index (χ3v) is 4.01. The van der Waals surface area contributed by atoms with Crippen molar-refractivity contribution in [1.29, 1.82) is 0 Å². The SMILES string of the molecule is Nc1c(Nc2cccc(C(F)(F)F)c2)ncnc1Nc1ccc(Br)cc1F. The fourth-order valence-corrected chi connectivity index (χ4v) is 2.56. The van der Waals surface area contributed by atoms with Gasteiger partial charge in [0.25, 0.3) is 0 Å². The van der Waals surface area contributed by atoms with Gasteiger partial charge >= 0.3 is 6.18 Å². The molecule has 0 bridgehead atoms. The molecule has 10 heteroatoms. The maximum Gasteiger partial charge on any atom is 0.416 e. The lowest BCUT2D eigenvalue weighted by Gasteiger charge is -2.14. The molecule has 3 aromatic rings. The number of nitrogens with two attached hydrogens (primary N) is 1. The fourth-order valence-electron chi connectivity index (χ4n) is 2.22. The van der Waals surface area contributed by atoms with Crippen LogP contribution in [0, 0.1) is 5.82 Å². The van der Waals surface area contributed by atoms with Crippen LogP contribution in [0.1, 0.15) is 5.56 Å². The van der Waals surface area contributed by atoms with E-state index in [1.807, 2.05) is 0 Å². The third-order valence-electron chi connectivity index (χ3n) is 3.52. The van der Waals surface area contributed by atoms with Crippen molar-refractivity contribution in [2.45, 2.75) is 6.18 Å². The Hall–Kier alpha value is -2.88. The molecule has 0 atom stereocenters. The van der Waals surface area contributed by atoms with Gasteiger partial charge in [-0.2, -0.15) is 13.2 Å². The average Bonchev–Trinajstić information content (AvgIpc) is 2.60. The highest BCUT2D eigenvalue weighted by molar-refractivity contribution is 9.10. The normalized spacial score (nSPS) is 11.3. The zero-order valence-corrected chi connectivity index (χ0v) is 15.1. The van der Waals surface area contributed by atoms with Gasteiger partial charge in [-0.15, -0.1) is 0 Å². The smallest absolute Gasteiger partial charge is 0.393 e. The van der Waals surface area contributed by atoms with Gasteiger partial charge in [0.05, 0.1) is 11.3 Å². The minimum Gasteiger partial charge on any atom is -0.393 e. The number of aromatic nitrogens is 2. The van der Waals surface area contributed by atoms with E-state index in [4.69, 9.17) is 5.73 Å². The highest BCUT2D eigenvalue weighted by Crippen LogP contribution is 2.33. The predicted octanol–water partition coefficient (Wildman–Crippen LogP) is 5.47. The monoisotopic (exact) mass is 441 g/mol. The Morgan fingerprint density at radius 1 is 0.963 bits per heavy atom. The molecule has 0 radical (unpaired) electrons. The number of nitrogen functional groups attached to an aromatic ring is 1. The summed E-state index contributed by atoms with van der Waals surface area (Å²) in [6, 6.07) is 8.98. The predicted molar refractivity (Wildman–Crippen MR) is 98.6 cm³/mol. The van der Waals surface area contributed by atoms with Gasteiger partial charge in [-0.05, 0) is 36.4 Å². The van der Waals surface area contributed by atoms with E-state index < -0.39 is 17.6 Å². The minimum atomic E-state index is -4.47. The standard InChI is InChI=1S/C17H12BrF4N5/c18-10-4-5-13(12(19)7-10)27-16-14(23)15(24-8-25-16)26-11-3-1-2-9(6-11)17(20,21)22/h1-8H,23H2,(H2,24,25,26,27). The van der Waals surface area contributed by atoms with Crippen LogP contribution in [0.4, 0.5) is 46.3 Å². The molecule has 0 saturated carbocycles. The van der Waals surface area contributed by atoms with Crippen molar-refractivity contribution < 1.29 is 17.6 Å². The lowest BCUT2D eigenvalue weighted by Crippen LogP contribution is -2.07. The Morgan fingerprint density at radius 2 is 1.67 bits per heavy atom.